The van der Waals surface area contributed by atoms with Crippen LogP contribution in [0, 0.1) is 13.8 Å². The zero-order valence-corrected chi connectivity index (χ0v) is 14.8. The van der Waals surface area contributed by atoms with Crippen LogP contribution in [-0.2, 0) is 14.3 Å². The highest BCUT2D eigenvalue weighted by molar-refractivity contribution is 5.94. The molecule has 1 unspecified atom stereocenters. The number of benzene rings is 1. The van der Waals surface area contributed by atoms with Crippen molar-refractivity contribution in [3.8, 4) is 0 Å². The van der Waals surface area contributed by atoms with Gasteiger partial charge in [0.25, 0.3) is 5.91 Å². The van der Waals surface area contributed by atoms with Gasteiger partial charge in [0.15, 0.2) is 0 Å². The Balaban J connectivity index is 2.08. The van der Waals surface area contributed by atoms with E-state index in [1.807, 2.05) is 32.0 Å². The lowest BCUT2D eigenvalue weighted by Crippen LogP contribution is -2.39. The van der Waals surface area contributed by atoms with Gasteiger partial charge in [-0.2, -0.15) is 0 Å². The third kappa shape index (κ3) is 5.06. The largest absolute Gasteiger partial charge is 0.466 e. The normalized spacial score (nSPS) is 16.9. The van der Waals surface area contributed by atoms with Crippen molar-refractivity contribution in [3.05, 3.63) is 34.9 Å². The van der Waals surface area contributed by atoms with Crippen LogP contribution >= 0.6 is 0 Å². The maximum absolute atomic E-state index is 12.9. The van der Waals surface area contributed by atoms with Crippen molar-refractivity contribution in [2.75, 3.05) is 26.3 Å². The topological polar surface area (TPSA) is 55.8 Å². The average molecular weight is 333 g/mol. The molecule has 1 aromatic carbocycles. The SMILES string of the molecule is CCOC(=O)CCN(CC1CCCO1)C(=O)c1ccc(C)c(C)c1. The van der Waals surface area contributed by atoms with E-state index >= 15 is 0 Å². The zero-order chi connectivity index (χ0) is 17.5. The summed E-state index contributed by atoms with van der Waals surface area (Å²) in [4.78, 5) is 26.3. The maximum atomic E-state index is 12.9. The first-order chi connectivity index (χ1) is 11.5. The molecule has 1 aliphatic rings. The van der Waals surface area contributed by atoms with E-state index in [1.54, 1.807) is 11.8 Å². The summed E-state index contributed by atoms with van der Waals surface area (Å²) in [7, 11) is 0. The van der Waals surface area contributed by atoms with Gasteiger partial charge in [0, 0.05) is 25.3 Å². The highest BCUT2D eigenvalue weighted by Gasteiger charge is 2.24. The van der Waals surface area contributed by atoms with Crippen molar-refractivity contribution in [2.24, 2.45) is 0 Å². The van der Waals surface area contributed by atoms with Gasteiger partial charge in [0.05, 0.1) is 19.1 Å². The van der Waals surface area contributed by atoms with Gasteiger partial charge in [-0.05, 0) is 56.9 Å². The smallest absolute Gasteiger partial charge is 0.307 e. The lowest BCUT2D eigenvalue weighted by Gasteiger charge is -2.25. The van der Waals surface area contributed by atoms with Crippen molar-refractivity contribution < 1.29 is 19.1 Å². The summed E-state index contributed by atoms with van der Waals surface area (Å²) in [5.74, 6) is -0.333. The minimum absolute atomic E-state index is 0.0575. The summed E-state index contributed by atoms with van der Waals surface area (Å²) in [5, 5.41) is 0. The van der Waals surface area contributed by atoms with Crippen LogP contribution in [-0.4, -0.2) is 49.2 Å². The third-order valence-corrected chi connectivity index (χ3v) is 4.38. The lowest BCUT2D eigenvalue weighted by atomic mass is 10.1. The van der Waals surface area contributed by atoms with E-state index < -0.39 is 0 Å². The van der Waals surface area contributed by atoms with Gasteiger partial charge in [0.1, 0.15) is 0 Å². The maximum Gasteiger partial charge on any atom is 0.307 e. The van der Waals surface area contributed by atoms with Gasteiger partial charge >= 0.3 is 5.97 Å². The molecule has 2 rings (SSSR count). The molecule has 5 nitrogen and oxygen atoms in total. The van der Waals surface area contributed by atoms with E-state index in [0.29, 0.717) is 25.3 Å². The average Bonchev–Trinajstić information content (AvgIpc) is 3.06. The molecule has 0 spiro atoms. The third-order valence-electron chi connectivity index (χ3n) is 4.38. The number of ether oxygens (including phenoxy) is 2. The molecule has 0 N–H and O–H groups in total. The minimum atomic E-state index is -0.275. The van der Waals surface area contributed by atoms with Crippen LogP contribution in [0.4, 0.5) is 0 Å². The Morgan fingerprint density at radius 1 is 1.29 bits per heavy atom. The monoisotopic (exact) mass is 333 g/mol. The van der Waals surface area contributed by atoms with E-state index in [-0.39, 0.29) is 24.4 Å². The van der Waals surface area contributed by atoms with Crippen molar-refractivity contribution >= 4 is 11.9 Å². The summed E-state index contributed by atoms with van der Waals surface area (Å²) in [6, 6.07) is 5.71. The molecule has 1 saturated heterocycles. The number of hydrogen-bond acceptors (Lipinski definition) is 4. The predicted molar refractivity (Wildman–Crippen MR) is 92.0 cm³/mol. The number of nitrogens with zero attached hydrogens (tertiary/aromatic N) is 1. The van der Waals surface area contributed by atoms with Crippen LogP contribution in [0.25, 0.3) is 0 Å². The molecular weight excluding hydrogens is 306 g/mol. The Morgan fingerprint density at radius 2 is 2.08 bits per heavy atom. The van der Waals surface area contributed by atoms with E-state index in [0.717, 1.165) is 30.6 Å². The number of carbonyl (C=O) groups excluding carboxylic acids is 2. The molecule has 0 saturated carbocycles. The number of aryl methyl sites for hydroxylation is 2. The highest BCUT2D eigenvalue weighted by Crippen LogP contribution is 2.17. The zero-order valence-electron chi connectivity index (χ0n) is 14.8. The van der Waals surface area contributed by atoms with Crippen molar-refractivity contribution in [3.63, 3.8) is 0 Å². The molecular formula is C19H27NO4. The summed E-state index contributed by atoms with van der Waals surface area (Å²) in [6.45, 7) is 7.77. The second-order valence-electron chi connectivity index (χ2n) is 6.24. The molecule has 0 bridgehead atoms. The van der Waals surface area contributed by atoms with Crippen LogP contribution in [0.3, 0.4) is 0 Å². The molecule has 1 fully saturated rings. The van der Waals surface area contributed by atoms with E-state index in [2.05, 4.69) is 0 Å². The minimum Gasteiger partial charge on any atom is -0.466 e. The molecule has 132 valence electrons. The predicted octanol–water partition coefficient (Wildman–Crippen LogP) is 2.88. The van der Waals surface area contributed by atoms with Gasteiger partial charge in [-0.15, -0.1) is 0 Å². The number of amides is 1. The first-order valence-electron chi connectivity index (χ1n) is 8.65. The van der Waals surface area contributed by atoms with Gasteiger partial charge in [0.2, 0.25) is 0 Å². The summed E-state index contributed by atoms with van der Waals surface area (Å²) in [5.41, 5.74) is 2.90. The molecule has 0 aliphatic carbocycles. The second kappa shape index (κ2) is 8.83. The molecule has 5 heteroatoms. The molecule has 0 aromatic heterocycles. The molecule has 1 aromatic rings. The van der Waals surface area contributed by atoms with Gasteiger partial charge in [-0.25, -0.2) is 0 Å². The first kappa shape index (κ1) is 18.5. The fraction of sp³-hybridized carbons (Fsp3) is 0.579. The van der Waals surface area contributed by atoms with Crippen LogP contribution in [0.2, 0.25) is 0 Å². The number of rotatable bonds is 7. The Bertz CT molecular complexity index is 579. The van der Waals surface area contributed by atoms with E-state index in [4.69, 9.17) is 9.47 Å². The summed E-state index contributed by atoms with van der Waals surface area (Å²) < 4.78 is 10.6. The molecule has 1 amide bonds. The quantitative estimate of drug-likeness (QED) is 0.720. The number of hydrogen-bond donors (Lipinski definition) is 0. The van der Waals surface area contributed by atoms with Gasteiger partial charge in [-0.1, -0.05) is 6.07 Å². The molecule has 1 aliphatic heterocycles. The van der Waals surface area contributed by atoms with Crippen LogP contribution in [0.1, 0.15) is 47.7 Å². The Kier molecular flexibility index (Phi) is 6.79. The van der Waals surface area contributed by atoms with Crippen molar-refractivity contribution in [2.45, 2.75) is 46.1 Å². The first-order valence-corrected chi connectivity index (χ1v) is 8.65. The molecule has 1 atom stereocenters. The summed E-state index contributed by atoms with van der Waals surface area (Å²) >= 11 is 0. The van der Waals surface area contributed by atoms with Gasteiger partial charge in [-0.3, -0.25) is 9.59 Å². The van der Waals surface area contributed by atoms with Gasteiger partial charge < -0.3 is 14.4 Å². The number of carbonyl (C=O) groups is 2. The standard InChI is InChI=1S/C19H27NO4/c1-4-23-18(21)9-10-20(13-17-6-5-11-24-17)19(22)16-8-7-14(2)15(3)12-16/h7-8,12,17H,4-6,9-11,13H2,1-3H3. The fourth-order valence-corrected chi connectivity index (χ4v) is 2.83. The number of esters is 1. The molecule has 0 radical (unpaired) electrons. The van der Waals surface area contributed by atoms with Crippen LogP contribution < -0.4 is 0 Å². The van der Waals surface area contributed by atoms with E-state index in [9.17, 15) is 9.59 Å². The highest BCUT2D eigenvalue weighted by atomic mass is 16.5. The lowest BCUT2D eigenvalue weighted by molar-refractivity contribution is -0.143. The van der Waals surface area contributed by atoms with Crippen molar-refractivity contribution in [1.82, 2.24) is 4.90 Å². The Hall–Kier alpha value is -1.88. The van der Waals surface area contributed by atoms with Crippen molar-refractivity contribution in [1.29, 1.82) is 0 Å². The molecule has 1 heterocycles. The fourth-order valence-electron chi connectivity index (χ4n) is 2.83. The van der Waals surface area contributed by atoms with Crippen LogP contribution in [0.5, 0.6) is 0 Å². The Morgan fingerprint density at radius 3 is 2.71 bits per heavy atom. The van der Waals surface area contributed by atoms with Crippen LogP contribution in [0.15, 0.2) is 18.2 Å². The molecule has 24 heavy (non-hydrogen) atoms. The summed E-state index contributed by atoms with van der Waals surface area (Å²) in [6.07, 6.45) is 2.24. The Labute approximate surface area is 143 Å². The second-order valence-corrected chi connectivity index (χ2v) is 6.24. The van der Waals surface area contributed by atoms with E-state index in [1.165, 1.54) is 0 Å².